The molecule has 0 aliphatic heterocycles. The molecule has 0 aliphatic carbocycles. The van der Waals surface area contributed by atoms with Crippen LogP contribution < -0.4 is 5.32 Å². The van der Waals surface area contributed by atoms with E-state index in [4.69, 9.17) is 0 Å². The Morgan fingerprint density at radius 1 is 1.48 bits per heavy atom. The summed E-state index contributed by atoms with van der Waals surface area (Å²) >= 11 is 2.71. The maximum Gasteiger partial charge on any atom is 0.264 e. The molecule has 2 heterocycles. The molecule has 0 aliphatic rings. The average molecular weight is 321 g/mol. The zero-order valence-electron chi connectivity index (χ0n) is 11.5. The van der Waals surface area contributed by atoms with Crippen molar-refractivity contribution in [2.75, 3.05) is 18.4 Å². The van der Waals surface area contributed by atoms with Gasteiger partial charge in [0.15, 0.2) is 5.13 Å². The predicted molar refractivity (Wildman–Crippen MR) is 85.9 cm³/mol. The normalized spacial score (nSPS) is 10.1. The quantitative estimate of drug-likeness (QED) is 0.832. The van der Waals surface area contributed by atoms with Crippen molar-refractivity contribution in [3.8, 4) is 0 Å². The molecule has 7 heteroatoms. The maximum absolute atomic E-state index is 12.3. The summed E-state index contributed by atoms with van der Waals surface area (Å²) in [5.74, 6) is -0.438. The molecule has 2 amide bonds. The van der Waals surface area contributed by atoms with E-state index >= 15 is 0 Å². The van der Waals surface area contributed by atoms with Gasteiger partial charge in [-0.05, 0) is 18.4 Å². The molecule has 0 saturated carbocycles. The smallest absolute Gasteiger partial charge is 0.264 e. The molecule has 5 nitrogen and oxygen atoms in total. The van der Waals surface area contributed by atoms with E-state index in [1.807, 2.05) is 23.8 Å². The third kappa shape index (κ3) is 4.24. The average Bonchev–Trinajstić information content (AvgIpc) is 3.09. The molecule has 0 saturated heterocycles. The molecule has 0 spiro atoms. The Kier molecular flexibility index (Phi) is 5.24. The van der Waals surface area contributed by atoms with Crippen molar-refractivity contribution in [3.63, 3.8) is 0 Å². The topological polar surface area (TPSA) is 62.3 Å². The van der Waals surface area contributed by atoms with Crippen LogP contribution in [0.1, 0.15) is 15.4 Å². The Labute approximate surface area is 130 Å². The molecule has 21 heavy (non-hydrogen) atoms. The lowest BCUT2D eigenvalue weighted by Crippen LogP contribution is -2.37. The Morgan fingerprint density at radius 3 is 2.86 bits per heavy atom. The van der Waals surface area contributed by atoms with Crippen LogP contribution in [0.15, 0.2) is 35.5 Å². The van der Waals surface area contributed by atoms with Crippen molar-refractivity contribution in [2.24, 2.45) is 0 Å². The first-order valence-electron chi connectivity index (χ1n) is 6.26. The summed E-state index contributed by atoms with van der Waals surface area (Å²) in [6.07, 6.45) is 1.60. The van der Waals surface area contributed by atoms with Crippen molar-refractivity contribution in [1.82, 2.24) is 9.88 Å². The van der Waals surface area contributed by atoms with Crippen molar-refractivity contribution in [1.29, 1.82) is 0 Å². The number of nitrogens with zero attached hydrogens (tertiary/aromatic N) is 2. The lowest BCUT2D eigenvalue weighted by molar-refractivity contribution is -0.116. The molecule has 0 aromatic carbocycles. The summed E-state index contributed by atoms with van der Waals surface area (Å²) < 4.78 is 0. The number of hydrogen-bond acceptors (Lipinski definition) is 5. The van der Waals surface area contributed by atoms with Crippen LogP contribution in [0.2, 0.25) is 0 Å². The Balaban J connectivity index is 2.00. The largest absolute Gasteiger partial charge is 0.325 e. The van der Waals surface area contributed by atoms with Crippen LogP contribution in [0, 0.1) is 6.92 Å². The van der Waals surface area contributed by atoms with Crippen molar-refractivity contribution in [2.45, 2.75) is 6.92 Å². The van der Waals surface area contributed by atoms with E-state index in [0.29, 0.717) is 16.6 Å². The monoisotopic (exact) mass is 321 g/mol. The summed E-state index contributed by atoms with van der Waals surface area (Å²) in [4.78, 5) is 30.5. The van der Waals surface area contributed by atoms with E-state index in [1.165, 1.54) is 27.6 Å². The summed E-state index contributed by atoms with van der Waals surface area (Å²) in [6, 6.07) is 3.55. The van der Waals surface area contributed by atoms with E-state index in [2.05, 4.69) is 16.9 Å². The Bertz CT molecular complexity index is 634. The van der Waals surface area contributed by atoms with Crippen LogP contribution in [0.25, 0.3) is 0 Å². The van der Waals surface area contributed by atoms with Crippen LogP contribution in [0.5, 0.6) is 0 Å². The number of carbonyl (C=O) groups is 2. The number of thiophene rings is 1. The van der Waals surface area contributed by atoms with Gasteiger partial charge in [-0.1, -0.05) is 12.1 Å². The van der Waals surface area contributed by atoms with Crippen LogP contribution >= 0.6 is 22.7 Å². The van der Waals surface area contributed by atoms with E-state index in [1.54, 1.807) is 12.1 Å². The highest BCUT2D eigenvalue weighted by Crippen LogP contribution is 2.15. The molecular weight excluding hydrogens is 306 g/mol. The summed E-state index contributed by atoms with van der Waals surface area (Å²) in [5, 5.41) is 6.92. The molecule has 110 valence electrons. The van der Waals surface area contributed by atoms with Gasteiger partial charge in [-0.2, -0.15) is 0 Å². The molecule has 0 radical (unpaired) electrons. The van der Waals surface area contributed by atoms with Crippen molar-refractivity contribution < 1.29 is 9.59 Å². The van der Waals surface area contributed by atoms with Crippen LogP contribution in [0.4, 0.5) is 5.13 Å². The zero-order valence-corrected chi connectivity index (χ0v) is 13.2. The molecule has 0 unspecified atom stereocenters. The van der Waals surface area contributed by atoms with Crippen molar-refractivity contribution >= 4 is 39.6 Å². The van der Waals surface area contributed by atoms with Gasteiger partial charge in [-0.25, -0.2) is 4.98 Å². The van der Waals surface area contributed by atoms with Gasteiger partial charge in [0, 0.05) is 11.9 Å². The van der Waals surface area contributed by atoms with Gasteiger partial charge in [-0.15, -0.1) is 29.3 Å². The van der Waals surface area contributed by atoms with Gasteiger partial charge >= 0.3 is 0 Å². The number of anilines is 1. The number of aryl methyl sites for hydroxylation is 1. The fraction of sp³-hybridized carbons (Fsp3) is 0.214. The number of amides is 2. The molecule has 2 aromatic heterocycles. The first kappa shape index (κ1) is 15.4. The number of carbonyl (C=O) groups excluding carboxylic acids is 2. The van der Waals surface area contributed by atoms with E-state index in [0.717, 1.165) is 5.69 Å². The van der Waals surface area contributed by atoms with Crippen molar-refractivity contribution in [3.05, 3.63) is 46.1 Å². The second-order valence-corrected chi connectivity index (χ2v) is 6.10. The minimum Gasteiger partial charge on any atom is -0.325 e. The zero-order chi connectivity index (χ0) is 15.2. The molecule has 0 bridgehead atoms. The fourth-order valence-electron chi connectivity index (χ4n) is 1.67. The molecule has 1 N–H and O–H groups in total. The third-order valence-corrected chi connectivity index (χ3v) is 4.30. The summed E-state index contributed by atoms with van der Waals surface area (Å²) in [7, 11) is 0. The second kappa shape index (κ2) is 7.14. The van der Waals surface area contributed by atoms with Gasteiger partial charge in [-0.3, -0.25) is 9.59 Å². The summed E-state index contributed by atoms with van der Waals surface area (Å²) in [5.41, 5.74) is 0.855. The predicted octanol–water partition coefficient (Wildman–Crippen LogP) is 2.78. The lowest BCUT2D eigenvalue weighted by atomic mass is 10.3. The minimum atomic E-state index is -0.267. The maximum atomic E-state index is 12.3. The highest BCUT2D eigenvalue weighted by molar-refractivity contribution is 7.14. The van der Waals surface area contributed by atoms with Crippen LogP contribution in [-0.2, 0) is 4.79 Å². The van der Waals surface area contributed by atoms with Gasteiger partial charge in [0.05, 0.1) is 10.6 Å². The first-order chi connectivity index (χ1) is 10.1. The highest BCUT2D eigenvalue weighted by Gasteiger charge is 2.19. The second-order valence-electron chi connectivity index (χ2n) is 4.29. The first-order valence-corrected chi connectivity index (χ1v) is 8.01. The molecule has 2 aromatic rings. The molecule has 0 fully saturated rings. The molecule has 0 atom stereocenters. The number of thiazole rings is 1. The third-order valence-electron chi connectivity index (χ3n) is 2.57. The van der Waals surface area contributed by atoms with Crippen LogP contribution in [0.3, 0.4) is 0 Å². The number of aromatic nitrogens is 1. The van der Waals surface area contributed by atoms with Gasteiger partial charge in [0.1, 0.15) is 6.54 Å². The number of hydrogen-bond donors (Lipinski definition) is 1. The number of nitrogens with one attached hydrogen (secondary N) is 1. The Hall–Kier alpha value is -1.99. The summed E-state index contributed by atoms with van der Waals surface area (Å²) in [6.45, 7) is 5.78. The SMILES string of the molecule is C=CCN(CC(=O)Nc1nc(C)cs1)C(=O)c1cccs1. The Morgan fingerprint density at radius 2 is 2.29 bits per heavy atom. The van der Waals surface area contributed by atoms with Gasteiger partial charge in [0.25, 0.3) is 5.91 Å². The number of rotatable bonds is 6. The molecule has 2 rings (SSSR count). The van der Waals surface area contributed by atoms with Gasteiger partial charge in [0.2, 0.25) is 5.91 Å². The standard InChI is InChI=1S/C14H15N3O2S2/c1-3-6-17(13(19)11-5-4-7-20-11)8-12(18)16-14-15-10(2)9-21-14/h3-5,7,9H,1,6,8H2,2H3,(H,15,16,18). The van der Waals surface area contributed by atoms with E-state index in [-0.39, 0.29) is 18.4 Å². The van der Waals surface area contributed by atoms with E-state index < -0.39 is 0 Å². The molecular formula is C14H15N3O2S2. The minimum absolute atomic E-state index is 0.0264. The lowest BCUT2D eigenvalue weighted by Gasteiger charge is -2.19. The highest BCUT2D eigenvalue weighted by atomic mass is 32.1. The fourth-order valence-corrected chi connectivity index (χ4v) is 3.07. The van der Waals surface area contributed by atoms with Gasteiger partial charge < -0.3 is 10.2 Å². The van der Waals surface area contributed by atoms with E-state index in [9.17, 15) is 9.59 Å². The van der Waals surface area contributed by atoms with Crippen LogP contribution in [-0.4, -0.2) is 34.8 Å².